The number of carbonyl (C=O) groups is 1. The number of hydrogen-bond donors (Lipinski definition) is 0. The van der Waals surface area contributed by atoms with Gasteiger partial charge in [0.25, 0.3) is 0 Å². The monoisotopic (exact) mass is 461 g/mol. The summed E-state index contributed by atoms with van der Waals surface area (Å²) in [5.74, 6) is 1.22. The normalized spacial score (nSPS) is 10.7. The van der Waals surface area contributed by atoms with Crippen LogP contribution >= 0.6 is 0 Å². The van der Waals surface area contributed by atoms with Crippen LogP contribution in [0, 0.1) is 0 Å². The summed E-state index contributed by atoms with van der Waals surface area (Å²) in [6.45, 7) is 7.57. The van der Waals surface area contributed by atoms with Crippen LogP contribution in [0.25, 0.3) is 11.3 Å². The first-order valence-electron chi connectivity index (χ1n) is 12.1. The van der Waals surface area contributed by atoms with Crippen molar-refractivity contribution in [2.75, 3.05) is 20.3 Å². The highest BCUT2D eigenvalue weighted by molar-refractivity contribution is 5.89. The number of aryl methyl sites for hydroxylation is 3. The number of unbranched alkanes of at least 4 members (excludes halogenated alkanes) is 1. The van der Waals surface area contributed by atoms with Crippen LogP contribution in [0.1, 0.15) is 60.7 Å². The van der Waals surface area contributed by atoms with Crippen LogP contribution in [-0.2, 0) is 24.0 Å². The van der Waals surface area contributed by atoms with Gasteiger partial charge in [-0.25, -0.2) is 4.79 Å². The molecule has 1 aromatic heterocycles. The van der Waals surface area contributed by atoms with E-state index in [0.717, 1.165) is 49.1 Å². The van der Waals surface area contributed by atoms with Gasteiger partial charge in [0.15, 0.2) is 0 Å². The first kappa shape index (κ1) is 25.3. The van der Waals surface area contributed by atoms with Crippen LogP contribution < -0.4 is 9.47 Å². The number of benzene rings is 2. The molecule has 0 aliphatic heterocycles. The van der Waals surface area contributed by atoms with E-state index >= 15 is 0 Å². The Labute approximate surface area is 203 Å². The van der Waals surface area contributed by atoms with E-state index in [0.29, 0.717) is 24.5 Å². The van der Waals surface area contributed by atoms with Gasteiger partial charge in [-0.1, -0.05) is 38.1 Å². The third-order valence-corrected chi connectivity index (χ3v) is 5.86. The fourth-order valence-electron chi connectivity index (χ4n) is 4.09. The van der Waals surface area contributed by atoms with Gasteiger partial charge in [-0.15, -0.1) is 0 Å². The van der Waals surface area contributed by atoms with Gasteiger partial charge in [0, 0.05) is 23.4 Å². The zero-order chi connectivity index (χ0) is 24.3. The van der Waals surface area contributed by atoms with E-state index in [9.17, 15) is 4.79 Å². The van der Waals surface area contributed by atoms with E-state index in [1.807, 2.05) is 19.2 Å². The smallest absolute Gasteiger partial charge is 0.337 e. The maximum absolute atomic E-state index is 11.7. The number of carbonyl (C=O) groups excluding carboxylic acids is 1. The summed E-state index contributed by atoms with van der Waals surface area (Å²) in [6.07, 6.45) is 6.60. The number of nitrogens with zero attached hydrogens (tertiary/aromatic N) is 1. The SMILES string of the molecule is CCOc1cc(-c2c(CC)cccc2CC)ncc1CCCCOc1cccc(C(=O)OC)c1. The lowest BCUT2D eigenvalue weighted by Gasteiger charge is -2.16. The van der Waals surface area contributed by atoms with E-state index < -0.39 is 0 Å². The van der Waals surface area contributed by atoms with Crippen molar-refractivity contribution in [3.63, 3.8) is 0 Å². The Morgan fingerprint density at radius 3 is 2.29 bits per heavy atom. The molecule has 0 bridgehead atoms. The molecule has 1 heterocycles. The summed E-state index contributed by atoms with van der Waals surface area (Å²) >= 11 is 0. The molecule has 0 amide bonds. The highest BCUT2D eigenvalue weighted by atomic mass is 16.5. The Kier molecular flexibility index (Phi) is 9.51. The Morgan fingerprint density at radius 1 is 0.882 bits per heavy atom. The molecule has 3 aromatic rings. The van der Waals surface area contributed by atoms with Crippen molar-refractivity contribution in [3.05, 3.63) is 77.0 Å². The standard InChI is InChI=1S/C29H35NO4/c1-5-21-13-10-14-22(6-2)28(21)26-19-27(33-7-3)24(20-30-26)12-8-9-17-34-25-16-11-15-23(18-25)29(31)32-4/h10-11,13-16,18-20H,5-9,12,17H2,1-4H3. The summed E-state index contributed by atoms with van der Waals surface area (Å²) in [6, 6.07) is 15.7. The van der Waals surface area contributed by atoms with E-state index in [-0.39, 0.29) is 5.97 Å². The lowest BCUT2D eigenvalue weighted by atomic mass is 9.94. The molecule has 0 saturated carbocycles. The zero-order valence-electron chi connectivity index (χ0n) is 20.7. The molecule has 0 fully saturated rings. The first-order chi connectivity index (χ1) is 16.6. The van der Waals surface area contributed by atoms with Gasteiger partial charge in [0.1, 0.15) is 11.5 Å². The number of rotatable bonds is 12. The van der Waals surface area contributed by atoms with Gasteiger partial charge in [-0.05, 0) is 68.4 Å². The van der Waals surface area contributed by atoms with Gasteiger partial charge in [-0.2, -0.15) is 0 Å². The Hall–Kier alpha value is -3.34. The molecule has 0 N–H and O–H groups in total. The Morgan fingerprint density at radius 2 is 1.62 bits per heavy atom. The van der Waals surface area contributed by atoms with Crippen LogP contribution in [0.15, 0.2) is 54.7 Å². The van der Waals surface area contributed by atoms with Crippen LogP contribution in [0.3, 0.4) is 0 Å². The fraction of sp³-hybridized carbons (Fsp3) is 0.379. The van der Waals surface area contributed by atoms with Crippen LogP contribution in [-0.4, -0.2) is 31.3 Å². The van der Waals surface area contributed by atoms with Crippen LogP contribution in [0.2, 0.25) is 0 Å². The van der Waals surface area contributed by atoms with Gasteiger partial charge < -0.3 is 14.2 Å². The largest absolute Gasteiger partial charge is 0.494 e. The van der Waals surface area contributed by atoms with Crippen molar-refractivity contribution >= 4 is 5.97 Å². The van der Waals surface area contributed by atoms with Crippen LogP contribution in [0.5, 0.6) is 11.5 Å². The number of ether oxygens (including phenoxy) is 3. The minimum absolute atomic E-state index is 0.363. The summed E-state index contributed by atoms with van der Waals surface area (Å²) in [7, 11) is 1.37. The molecule has 0 saturated heterocycles. The highest BCUT2D eigenvalue weighted by Gasteiger charge is 2.14. The average Bonchev–Trinajstić information content (AvgIpc) is 2.88. The molecule has 34 heavy (non-hydrogen) atoms. The quantitative estimate of drug-likeness (QED) is 0.229. The Balaban J connectivity index is 1.64. The maximum Gasteiger partial charge on any atom is 0.337 e. The average molecular weight is 462 g/mol. The third kappa shape index (κ3) is 6.37. The van der Waals surface area contributed by atoms with Crippen LogP contribution in [0.4, 0.5) is 0 Å². The molecule has 2 aromatic carbocycles. The second-order valence-corrected chi connectivity index (χ2v) is 8.09. The summed E-state index contributed by atoms with van der Waals surface area (Å²) < 4.78 is 16.6. The summed E-state index contributed by atoms with van der Waals surface area (Å²) in [5.41, 5.74) is 6.46. The molecule has 0 aliphatic carbocycles. The molecule has 0 spiro atoms. The van der Waals surface area contributed by atoms with Crippen molar-refractivity contribution in [1.82, 2.24) is 4.98 Å². The van der Waals surface area contributed by atoms with Gasteiger partial charge in [0.2, 0.25) is 0 Å². The van der Waals surface area contributed by atoms with E-state index in [1.165, 1.54) is 23.8 Å². The van der Waals surface area contributed by atoms with Crippen molar-refractivity contribution in [2.24, 2.45) is 0 Å². The van der Waals surface area contributed by atoms with E-state index in [4.69, 9.17) is 19.2 Å². The number of esters is 1. The lowest BCUT2D eigenvalue weighted by molar-refractivity contribution is 0.0600. The van der Waals surface area contributed by atoms with E-state index in [1.54, 1.807) is 18.2 Å². The number of methoxy groups -OCH3 is 1. The predicted molar refractivity (Wildman–Crippen MR) is 136 cm³/mol. The molecular formula is C29H35NO4. The summed E-state index contributed by atoms with van der Waals surface area (Å²) in [4.78, 5) is 16.5. The van der Waals surface area contributed by atoms with Crippen molar-refractivity contribution < 1.29 is 19.0 Å². The molecule has 0 atom stereocenters. The molecule has 5 heteroatoms. The minimum atomic E-state index is -0.363. The second kappa shape index (κ2) is 12.8. The van der Waals surface area contributed by atoms with Crippen molar-refractivity contribution in [1.29, 1.82) is 0 Å². The molecule has 0 aliphatic rings. The second-order valence-electron chi connectivity index (χ2n) is 8.09. The minimum Gasteiger partial charge on any atom is -0.494 e. The van der Waals surface area contributed by atoms with Gasteiger partial charge >= 0.3 is 5.97 Å². The topological polar surface area (TPSA) is 57.7 Å². The molecule has 0 radical (unpaired) electrons. The first-order valence-corrected chi connectivity index (χ1v) is 12.1. The predicted octanol–water partition coefficient (Wildman–Crippen LogP) is 6.46. The van der Waals surface area contributed by atoms with Crippen molar-refractivity contribution in [2.45, 2.75) is 52.9 Å². The Bertz CT molecular complexity index is 1070. The highest BCUT2D eigenvalue weighted by Crippen LogP contribution is 2.32. The van der Waals surface area contributed by atoms with E-state index in [2.05, 4.69) is 38.1 Å². The molecule has 0 unspecified atom stereocenters. The fourth-order valence-corrected chi connectivity index (χ4v) is 4.09. The number of aromatic nitrogens is 1. The summed E-state index contributed by atoms with van der Waals surface area (Å²) in [5, 5.41) is 0. The molecule has 3 rings (SSSR count). The lowest BCUT2D eigenvalue weighted by Crippen LogP contribution is -2.04. The van der Waals surface area contributed by atoms with Gasteiger partial charge in [0.05, 0.1) is 31.6 Å². The molecule has 180 valence electrons. The van der Waals surface area contributed by atoms with Gasteiger partial charge in [-0.3, -0.25) is 4.98 Å². The van der Waals surface area contributed by atoms with Crippen molar-refractivity contribution in [3.8, 4) is 22.8 Å². The third-order valence-electron chi connectivity index (χ3n) is 5.86. The number of pyridine rings is 1. The zero-order valence-corrected chi connectivity index (χ0v) is 20.7. The number of hydrogen-bond acceptors (Lipinski definition) is 5. The maximum atomic E-state index is 11.7. The molecular weight excluding hydrogens is 426 g/mol. The molecule has 5 nitrogen and oxygen atoms in total.